The standard InChI is InChI=1S/C22H23N3O2S/c1-3-25-21-13-16(24-28(26)18-10-11-18)7-12-19(21)20(14-23)22(25)15-5-8-17(9-6-15)27-4-2/h5-9,12-13,18,24H,3-4,10-11H2,1-2H3. The third-order valence-electron chi connectivity index (χ3n) is 4.98. The first kappa shape index (κ1) is 18.6. The maximum atomic E-state index is 12.2. The fraction of sp³-hybridized carbons (Fsp3) is 0.318. The van der Waals surface area contributed by atoms with Gasteiger partial charge in [-0.2, -0.15) is 5.26 Å². The second kappa shape index (κ2) is 7.69. The Morgan fingerprint density at radius 3 is 2.57 bits per heavy atom. The van der Waals surface area contributed by atoms with Crippen molar-refractivity contribution in [2.24, 2.45) is 0 Å². The van der Waals surface area contributed by atoms with E-state index in [-0.39, 0.29) is 5.25 Å². The molecule has 1 atom stereocenters. The number of aryl methyl sites for hydroxylation is 1. The van der Waals surface area contributed by atoms with Gasteiger partial charge in [-0.15, -0.1) is 0 Å². The molecule has 28 heavy (non-hydrogen) atoms. The zero-order chi connectivity index (χ0) is 19.7. The maximum absolute atomic E-state index is 12.2. The summed E-state index contributed by atoms with van der Waals surface area (Å²) in [5.74, 6) is 0.818. The summed E-state index contributed by atoms with van der Waals surface area (Å²) in [6.07, 6.45) is 2.04. The van der Waals surface area contributed by atoms with Gasteiger partial charge in [0, 0.05) is 17.6 Å². The van der Waals surface area contributed by atoms with Gasteiger partial charge in [0.05, 0.1) is 28.6 Å². The van der Waals surface area contributed by atoms with Crippen LogP contribution in [0.5, 0.6) is 5.75 Å². The van der Waals surface area contributed by atoms with Crippen molar-refractivity contribution in [3.05, 3.63) is 48.0 Å². The Bertz CT molecular complexity index is 1080. The Labute approximate surface area is 167 Å². The molecule has 4 rings (SSSR count). The fourth-order valence-electron chi connectivity index (χ4n) is 3.51. The third-order valence-corrected chi connectivity index (χ3v) is 6.49. The van der Waals surface area contributed by atoms with Gasteiger partial charge in [-0.25, -0.2) is 4.21 Å². The lowest BCUT2D eigenvalue weighted by Crippen LogP contribution is -2.08. The second-order valence-electron chi connectivity index (χ2n) is 6.87. The Morgan fingerprint density at radius 2 is 1.96 bits per heavy atom. The molecule has 1 aliphatic rings. The molecule has 1 fully saturated rings. The lowest BCUT2D eigenvalue weighted by molar-refractivity contribution is 0.340. The highest BCUT2D eigenvalue weighted by molar-refractivity contribution is 7.87. The number of rotatable bonds is 7. The molecule has 1 unspecified atom stereocenters. The Hall–Kier alpha value is -2.78. The summed E-state index contributed by atoms with van der Waals surface area (Å²) in [4.78, 5) is 0. The molecule has 2 aromatic carbocycles. The molecule has 1 N–H and O–H groups in total. The van der Waals surface area contributed by atoms with E-state index in [0.717, 1.165) is 53.0 Å². The van der Waals surface area contributed by atoms with Gasteiger partial charge in [-0.3, -0.25) is 0 Å². The predicted octanol–water partition coefficient (Wildman–Crippen LogP) is 4.84. The maximum Gasteiger partial charge on any atom is 0.120 e. The summed E-state index contributed by atoms with van der Waals surface area (Å²) >= 11 is 0. The Kier molecular flexibility index (Phi) is 5.10. The SMILES string of the molecule is CCOc1ccc(-c2c(C#N)c3ccc(NS(=O)C4CC4)cc3n2CC)cc1. The van der Waals surface area contributed by atoms with Crippen LogP contribution in [0.4, 0.5) is 5.69 Å². The van der Waals surface area contributed by atoms with E-state index in [4.69, 9.17) is 4.74 Å². The van der Waals surface area contributed by atoms with E-state index in [2.05, 4.69) is 22.3 Å². The predicted molar refractivity (Wildman–Crippen MR) is 114 cm³/mol. The van der Waals surface area contributed by atoms with Crippen LogP contribution >= 0.6 is 0 Å². The number of benzene rings is 2. The van der Waals surface area contributed by atoms with Crippen molar-refractivity contribution in [1.82, 2.24) is 4.57 Å². The summed E-state index contributed by atoms with van der Waals surface area (Å²) in [6.45, 7) is 5.38. The molecule has 0 saturated heterocycles. The summed E-state index contributed by atoms with van der Waals surface area (Å²) in [5.41, 5.74) is 4.35. The summed E-state index contributed by atoms with van der Waals surface area (Å²) < 4.78 is 23.0. The van der Waals surface area contributed by atoms with Crippen molar-refractivity contribution in [3.8, 4) is 23.1 Å². The van der Waals surface area contributed by atoms with E-state index >= 15 is 0 Å². The van der Waals surface area contributed by atoms with E-state index in [1.807, 2.05) is 49.4 Å². The van der Waals surface area contributed by atoms with E-state index < -0.39 is 11.0 Å². The lowest BCUT2D eigenvalue weighted by Gasteiger charge is -2.10. The fourth-order valence-corrected chi connectivity index (χ4v) is 4.60. The highest BCUT2D eigenvalue weighted by Gasteiger charge is 2.28. The molecular weight excluding hydrogens is 370 g/mol. The first-order valence-electron chi connectivity index (χ1n) is 9.63. The van der Waals surface area contributed by atoms with E-state index in [1.54, 1.807) is 0 Å². The smallest absolute Gasteiger partial charge is 0.120 e. The van der Waals surface area contributed by atoms with Crippen LogP contribution in [0.25, 0.3) is 22.2 Å². The minimum atomic E-state index is -1.04. The second-order valence-corrected chi connectivity index (χ2v) is 8.33. The molecule has 0 aliphatic heterocycles. The van der Waals surface area contributed by atoms with Crippen molar-refractivity contribution < 1.29 is 8.95 Å². The van der Waals surface area contributed by atoms with Crippen molar-refractivity contribution in [2.75, 3.05) is 11.3 Å². The van der Waals surface area contributed by atoms with Gasteiger partial charge in [-0.1, -0.05) is 0 Å². The van der Waals surface area contributed by atoms with Gasteiger partial charge in [0.15, 0.2) is 0 Å². The minimum Gasteiger partial charge on any atom is -0.494 e. The first-order chi connectivity index (χ1) is 13.7. The number of hydrogen-bond acceptors (Lipinski definition) is 3. The highest BCUT2D eigenvalue weighted by atomic mass is 32.2. The summed E-state index contributed by atoms with van der Waals surface area (Å²) in [6, 6.07) is 16.1. The van der Waals surface area contributed by atoms with Crippen LogP contribution in [0.15, 0.2) is 42.5 Å². The number of ether oxygens (including phenoxy) is 1. The Balaban J connectivity index is 1.80. The summed E-state index contributed by atoms with van der Waals surface area (Å²) in [5, 5.41) is 11.0. The molecule has 144 valence electrons. The van der Waals surface area contributed by atoms with E-state index in [1.165, 1.54) is 0 Å². The van der Waals surface area contributed by atoms with Crippen LogP contribution < -0.4 is 9.46 Å². The number of nitrogens with one attached hydrogen (secondary N) is 1. The molecule has 1 saturated carbocycles. The minimum absolute atomic E-state index is 0.266. The molecule has 1 heterocycles. The molecule has 6 heteroatoms. The molecule has 0 radical (unpaired) electrons. The van der Waals surface area contributed by atoms with Crippen LogP contribution in [-0.2, 0) is 17.5 Å². The topological polar surface area (TPSA) is 67.0 Å². The Morgan fingerprint density at radius 1 is 1.21 bits per heavy atom. The number of nitriles is 1. The van der Waals surface area contributed by atoms with Crippen LogP contribution in [0.3, 0.4) is 0 Å². The first-order valence-corrected chi connectivity index (χ1v) is 10.8. The average Bonchev–Trinajstić information content (AvgIpc) is 3.51. The third kappa shape index (κ3) is 3.38. The van der Waals surface area contributed by atoms with Crippen LogP contribution in [0.1, 0.15) is 32.3 Å². The highest BCUT2D eigenvalue weighted by Crippen LogP contribution is 2.36. The molecule has 1 aromatic heterocycles. The van der Waals surface area contributed by atoms with Crippen molar-refractivity contribution >= 4 is 27.6 Å². The molecule has 0 bridgehead atoms. The molecule has 3 aromatic rings. The number of nitrogens with zero attached hydrogens (tertiary/aromatic N) is 2. The molecule has 5 nitrogen and oxygen atoms in total. The number of fused-ring (bicyclic) bond motifs is 1. The lowest BCUT2D eigenvalue weighted by atomic mass is 10.1. The van der Waals surface area contributed by atoms with Gasteiger partial charge < -0.3 is 14.0 Å². The van der Waals surface area contributed by atoms with Gasteiger partial charge >= 0.3 is 0 Å². The average molecular weight is 394 g/mol. The summed E-state index contributed by atoms with van der Waals surface area (Å²) in [7, 11) is -1.04. The number of hydrogen-bond donors (Lipinski definition) is 1. The molecular formula is C22H23N3O2S. The van der Waals surface area contributed by atoms with Gasteiger partial charge in [0.1, 0.15) is 22.8 Å². The zero-order valence-corrected chi connectivity index (χ0v) is 16.9. The zero-order valence-electron chi connectivity index (χ0n) is 16.1. The monoisotopic (exact) mass is 393 g/mol. The number of aromatic nitrogens is 1. The number of anilines is 1. The van der Waals surface area contributed by atoms with Crippen molar-refractivity contribution in [2.45, 2.75) is 38.5 Å². The largest absolute Gasteiger partial charge is 0.494 e. The quantitative estimate of drug-likeness (QED) is 0.625. The normalized spacial score (nSPS) is 14.6. The van der Waals surface area contributed by atoms with Gasteiger partial charge in [0.2, 0.25) is 0 Å². The molecule has 1 aliphatic carbocycles. The van der Waals surface area contributed by atoms with Crippen LogP contribution in [0, 0.1) is 11.3 Å². The van der Waals surface area contributed by atoms with Gasteiger partial charge in [0.25, 0.3) is 0 Å². The van der Waals surface area contributed by atoms with E-state index in [9.17, 15) is 9.47 Å². The van der Waals surface area contributed by atoms with Crippen molar-refractivity contribution in [1.29, 1.82) is 5.26 Å². The van der Waals surface area contributed by atoms with Crippen LogP contribution in [-0.4, -0.2) is 20.6 Å². The van der Waals surface area contributed by atoms with Crippen molar-refractivity contribution in [3.63, 3.8) is 0 Å². The molecule has 0 amide bonds. The van der Waals surface area contributed by atoms with Crippen LogP contribution in [0.2, 0.25) is 0 Å². The van der Waals surface area contributed by atoms with E-state index in [0.29, 0.717) is 12.2 Å². The molecule has 0 spiro atoms. The van der Waals surface area contributed by atoms with Gasteiger partial charge in [-0.05, 0) is 74.7 Å².